The molecule has 0 aliphatic carbocycles. The molecule has 0 saturated carbocycles. The van der Waals surface area contributed by atoms with E-state index in [0.717, 1.165) is 17.7 Å². The third-order valence-corrected chi connectivity index (χ3v) is 4.04. The number of halogens is 1. The van der Waals surface area contributed by atoms with Gasteiger partial charge in [0, 0.05) is 6.42 Å². The summed E-state index contributed by atoms with van der Waals surface area (Å²) in [5.74, 6) is 1.04. The van der Waals surface area contributed by atoms with E-state index in [1.165, 1.54) is 11.3 Å². The van der Waals surface area contributed by atoms with Gasteiger partial charge in [0.15, 0.2) is 5.76 Å². The topological polar surface area (TPSA) is 30.2 Å². The lowest BCUT2D eigenvalue weighted by Crippen LogP contribution is -1.97. The lowest BCUT2D eigenvalue weighted by molar-refractivity contribution is 0.101. The van der Waals surface area contributed by atoms with Crippen LogP contribution in [0.3, 0.4) is 0 Å². The number of aryl methyl sites for hydroxylation is 2. The van der Waals surface area contributed by atoms with Crippen LogP contribution in [0.5, 0.6) is 0 Å². The van der Waals surface area contributed by atoms with Gasteiger partial charge in [-0.2, -0.15) is 0 Å². The van der Waals surface area contributed by atoms with E-state index >= 15 is 0 Å². The average molecular weight is 255 g/mol. The third-order valence-electron chi connectivity index (χ3n) is 2.34. The van der Waals surface area contributed by atoms with Crippen molar-refractivity contribution in [2.24, 2.45) is 0 Å². The zero-order chi connectivity index (χ0) is 11.7. The molecule has 2 heterocycles. The molecule has 0 atom stereocenters. The lowest BCUT2D eigenvalue weighted by atomic mass is 10.2. The minimum Gasteiger partial charge on any atom is -0.458 e. The summed E-state index contributed by atoms with van der Waals surface area (Å²) < 4.78 is 5.41. The van der Waals surface area contributed by atoms with E-state index in [0.29, 0.717) is 15.7 Å². The fourth-order valence-corrected chi connectivity index (χ4v) is 2.61. The predicted molar refractivity (Wildman–Crippen MR) is 65.6 cm³/mol. The molecule has 0 aliphatic heterocycles. The molecule has 84 valence electrons. The van der Waals surface area contributed by atoms with Crippen LogP contribution < -0.4 is 0 Å². The van der Waals surface area contributed by atoms with Gasteiger partial charge in [-0.3, -0.25) is 4.79 Å². The van der Waals surface area contributed by atoms with Crippen LogP contribution in [-0.2, 0) is 6.42 Å². The quantitative estimate of drug-likeness (QED) is 0.772. The number of hydrogen-bond acceptors (Lipinski definition) is 3. The number of rotatable bonds is 3. The van der Waals surface area contributed by atoms with Gasteiger partial charge in [-0.25, -0.2) is 0 Å². The second-order valence-electron chi connectivity index (χ2n) is 3.51. The molecule has 0 spiro atoms. The highest BCUT2D eigenvalue weighted by atomic mass is 35.5. The van der Waals surface area contributed by atoms with Crippen molar-refractivity contribution in [3.05, 3.63) is 44.5 Å². The van der Waals surface area contributed by atoms with Crippen LogP contribution in [0.2, 0.25) is 5.02 Å². The molecular weight excluding hydrogens is 244 g/mol. The van der Waals surface area contributed by atoms with Crippen molar-refractivity contribution in [2.75, 3.05) is 0 Å². The highest BCUT2D eigenvalue weighted by Gasteiger charge is 2.19. The molecule has 2 nitrogen and oxygen atoms in total. The molecule has 0 aromatic carbocycles. The summed E-state index contributed by atoms with van der Waals surface area (Å²) in [5, 5.41) is 2.41. The SMILES string of the molecule is CCc1ccc(C(=O)c2scc(C)c2Cl)o1. The maximum atomic E-state index is 12.0. The normalized spacial score (nSPS) is 10.7. The van der Waals surface area contributed by atoms with E-state index in [2.05, 4.69) is 0 Å². The Balaban J connectivity index is 2.35. The lowest BCUT2D eigenvalue weighted by Gasteiger charge is -1.95. The largest absolute Gasteiger partial charge is 0.458 e. The van der Waals surface area contributed by atoms with Crippen LogP contribution in [-0.4, -0.2) is 5.78 Å². The van der Waals surface area contributed by atoms with Gasteiger partial charge in [0.2, 0.25) is 5.78 Å². The van der Waals surface area contributed by atoms with Crippen LogP contribution in [0.25, 0.3) is 0 Å². The Labute approximate surface area is 103 Å². The number of ketones is 1. The average Bonchev–Trinajstić information content (AvgIpc) is 2.87. The van der Waals surface area contributed by atoms with Crippen molar-refractivity contribution >= 4 is 28.7 Å². The molecular formula is C12H11ClO2S. The Kier molecular flexibility index (Phi) is 3.17. The maximum Gasteiger partial charge on any atom is 0.239 e. The minimum atomic E-state index is -0.136. The first kappa shape index (κ1) is 11.4. The van der Waals surface area contributed by atoms with E-state index in [1.54, 1.807) is 6.07 Å². The van der Waals surface area contributed by atoms with Crippen molar-refractivity contribution in [1.29, 1.82) is 0 Å². The van der Waals surface area contributed by atoms with Crippen molar-refractivity contribution in [2.45, 2.75) is 20.3 Å². The van der Waals surface area contributed by atoms with Crippen LogP contribution in [0.4, 0.5) is 0 Å². The zero-order valence-electron chi connectivity index (χ0n) is 9.04. The highest BCUT2D eigenvalue weighted by Crippen LogP contribution is 2.29. The van der Waals surface area contributed by atoms with Gasteiger partial charge in [0.25, 0.3) is 0 Å². The first-order valence-electron chi connectivity index (χ1n) is 5.00. The Morgan fingerprint density at radius 3 is 2.75 bits per heavy atom. The molecule has 0 bridgehead atoms. The number of hydrogen-bond donors (Lipinski definition) is 0. The summed E-state index contributed by atoms with van der Waals surface area (Å²) in [5.41, 5.74) is 0.928. The van der Waals surface area contributed by atoms with Gasteiger partial charge in [-0.05, 0) is 30.0 Å². The fraction of sp³-hybridized carbons (Fsp3) is 0.250. The molecule has 0 aliphatic rings. The molecule has 2 rings (SSSR count). The predicted octanol–water partition coefficient (Wildman–Crippen LogP) is 4.10. The van der Waals surface area contributed by atoms with E-state index in [4.69, 9.17) is 16.0 Å². The first-order chi connectivity index (χ1) is 7.63. The second-order valence-corrected chi connectivity index (χ2v) is 4.77. The van der Waals surface area contributed by atoms with E-state index in [1.807, 2.05) is 25.3 Å². The molecule has 0 amide bonds. The van der Waals surface area contributed by atoms with Crippen LogP contribution >= 0.6 is 22.9 Å². The second kappa shape index (κ2) is 4.44. The van der Waals surface area contributed by atoms with Gasteiger partial charge in [0.05, 0.1) is 9.90 Å². The Morgan fingerprint density at radius 1 is 1.50 bits per heavy atom. The summed E-state index contributed by atoms with van der Waals surface area (Å²) in [7, 11) is 0. The van der Waals surface area contributed by atoms with Gasteiger partial charge < -0.3 is 4.42 Å². The Morgan fingerprint density at radius 2 is 2.25 bits per heavy atom. The molecule has 16 heavy (non-hydrogen) atoms. The molecule has 4 heteroatoms. The Bertz CT molecular complexity index is 525. The van der Waals surface area contributed by atoms with Crippen molar-refractivity contribution in [3.63, 3.8) is 0 Å². The molecule has 0 N–H and O–H groups in total. The number of thiophene rings is 1. The molecule has 2 aromatic heterocycles. The monoisotopic (exact) mass is 254 g/mol. The van der Waals surface area contributed by atoms with E-state index in [-0.39, 0.29) is 5.78 Å². The van der Waals surface area contributed by atoms with Crippen LogP contribution in [0.1, 0.15) is 33.7 Å². The van der Waals surface area contributed by atoms with Crippen molar-refractivity contribution < 1.29 is 9.21 Å². The van der Waals surface area contributed by atoms with Gasteiger partial charge in [-0.1, -0.05) is 18.5 Å². The smallest absolute Gasteiger partial charge is 0.239 e. The van der Waals surface area contributed by atoms with Gasteiger partial charge in [0.1, 0.15) is 5.76 Å². The molecule has 2 aromatic rings. The van der Waals surface area contributed by atoms with Crippen molar-refractivity contribution in [1.82, 2.24) is 0 Å². The fourth-order valence-electron chi connectivity index (χ4n) is 1.38. The molecule has 0 radical (unpaired) electrons. The summed E-state index contributed by atoms with van der Waals surface area (Å²) in [6.45, 7) is 3.87. The molecule has 0 fully saturated rings. The minimum absolute atomic E-state index is 0.136. The number of carbonyl (C=O) groups is 1. The molecule has 0 unspecified atom stereocenters. The van der Waals surface area contributed by atoms with Gasteiger partial charge in [-0.15, -0.1) is 11.3 Å². The number of carbonyl (C=O) groups excluding carboxylic acids is 1. The van der Waals surface area contributed by atoms with Crippen LogP contribution in [0, 0.1) is 6.92 Å². The standard InChI is InChI=1S/C12H11ClO2S/c1-3-8-4-5-9(15-8)11(14)12-10(13)7(2)6-16-12/h4-6H,3H2,1-2H3. The number of furan rings is 1. The summed E-state index contributed by atoms with van der Waals surface area (Å²) in [6.07, 6.45) is 0.782. The summed E-state index contributed by atoms with van der Waals surface area (Å²) in [4.78, 5) is 12.6. The zero-order valence-corrected chi connectivity index (χ0v) is 10.6. The first-order valence-corrected chi connectivity index (χ1v) is 6.26. The summed E-state index contributed by atoms with van der Waals surface area (Å²) in [6, 6.07) is 3.52. The van der Waals surface area contributed by atoms with Crippen molar-refractivity contribution in [3.8, 4) is 0 Å². The van der Waals surface area contributed by atoms with Crippen LogP contribution in [0.15, 0.2) is 21.9 Å². The summed E-state index contributed by atoms with van der Waals surface area (Å²) >= 11 is 7.40. The third kappa shape index (κ3) is 1.93. The van der Waals surface area contributed by atoms with E-state index in [9.17, 15) is 4.79 Å². The van der Waals surface area contributed by atoms with Gasteiger partial charge >= 0.3 is 0 Å². The molecule has 0 saturated heterocycles. The van der Waals surface area contributed by atoms with E-state index < -0.39 is 0 Å². The highest BCUT2D eigenvalue weighted by molar-refractivity contribution is 7.13. The maximum absolute atomic E-state index is 12.0. The Hall–Kier alpha value is -1.06.